The van der Waals surface area contributed by atoms with Gasteiger partial charge in [0.05, 0.1) is 16.9 Å². The predicted octanol–water partition coefficient (Wildman–Crippen LogP) is 3.09. The molecule has 3 aromatic rings. The Morgan fingerprint density at radius 1 is 1.14 bits per heavy atom. The summed E-state index contributed by atoms with van der Waals surface area (Å²) >= 11 is 0. The van der Waals surface area contributed by atoms with Gasteiger partial charge >= 0.3 is 5.97 Å². The van der Waals surface area contributed by atoms with Gasteiger partial charge in [0.15, 0.2) is 6.61 Å². The number of hydrogen-bond donors (Lipinski definition) is 2. The van der Waals surface area contributed by atoms with E-state index in [1.807, 2.05) is 24.3 Å². The highest BCUT2D eigenvalue weighted by Crippen LogP contribution is 2.31. The first-order valence-electron chi connectivity index (χ1n) is 8.99. The van der Waals surface area contributed by atoms with Gasteiger partial charge in [-0.3, -0.25) is 9.59 Å². The molecule has 0 radical (unpaired) electrons. The molecule has 4 rings (SSSR count). The van der Waals surface area contributed by atoms with Crippen LogP contribution < -0.4 is 10.2 Å². The van der Waals surface area contributed by atoms with Gasteiger partial charge in [0.1, 0.15) is 0 Å². The maximum absolute atomic E-state index is 12.9. The molecule has 0 aliphatic carbocycles. The lowest BCUT2D eigenvalue weighted by molar-refractivity contribution is -0.122. The number of aromatic nitrogens is 1. The average molecular weight is 377 g/mol. The Morgan fingerprint density at radius 2 is 1.89 bits per heavy atom. The van der Waals surface area contributed by atoms with Gasteiger partial charge in [-0.25, -0.2) is 4.79 Å². The molecule has 2 aromatic carbocycles. The zero-order chi connectivity index (χ0) is 19.7. The molecule has 2 heterocycles. The van der Waals surface area contributed by atoms with Crippen molar-refractivity contribution in [1.82, 2.24) is 4.98 Å². The highest BCUT2D eigenvalue weighted by atomic mass is 16.5. The molecule has 7 heteroatoms. The van der Waals surface area contributed by atoms with Crippen LogP contribution in [0.5, 0.6) is 0 Å². The van der Waals surface area contributed by atoms with Crippen LogP contribution in [0.15, 0.2) is 54.7 Å². The monoisotopic (exact) mass is 377 g/mol. The minimum absolute atomic E-state index is 0.161. The second kappa shape index (κ2) is 7.19. The number of anilines is 2. The summed E-state index contributed by atoms with van der Waals surface area (Å²) in [5, 5.41) is 3.54. The topological polar surface area (TPSA) is 91.5 Å². The normalized spacial score (nSPS) is 16.2. The number of nitrogens with zero attached hydrogens (tertiary/aromatic N) is 1. The van der Waals surface area contributed by atoms with E-state index in [0.29, 0.717) is 16.9 Å². The zero-order valence-corrected chi connectivity index (χ0v) is 15.3. The predicted molar refractivity (Wildman–Crippen MR) is 105 cm³/mol. The lowest BCUT2D eigenvalue weighted by Crippen LogP contribution is -2.41. The highest BCUT2D eigenvalue weighted by molar-refractivity contribution is 6.07. The Kier molecular flexibility index (Phi) is 4.57. The fraction of sp³-hybridized carbons (Fsp3) is 0.190. The minimum atomic E-state index is -0.573. The number of H-pyrrole nitrogens is 1. The number of para-hydroxylation sites is 3. The Balaban J connectivity index is 1.53. The van der Waals surface area contributed by atoms with E-state index >= 15 is 0 Å². The van der Waals surface area contributed by atoms with Gasteiger partial charge in [-0.15, -0.1) is 0 Å². The van der Waals surface area contributed by atoms with Crippen molar-refractivity contribution in [3.05, 3.63) is 60.3 Å². The van der Waals surface area contributed by atoms with Gasteiger partial charge in [-0.05, 0) is 25.1 Å². The Hall–Kier alpha value is -3.61. The second-order valence-electron chi connectivity index (χ2n) is 6.71. The van der Waals surface area contributed by atoms with Crippen molar-refractivity contribution >= 4 is 40.1 Å². The number of carbonyl (C=O) groups is 3. The Bertz CT molecular complexity index is 1070. The van der Waals surface area contributed by atoms with Crippen LogP contribution in [0.2, 0.25) is 0 Å². The van der Waals surface area contributed by atoms with Crippen LogP contribution in [0.1, 0.15) is 23.7 Å². The summed E-state index contributed by atoms with van der Waals surface area (Å²) in [5.74, 6) is -1.12. The van der Waals surface area contributed by atoms with Gasteiger partial charge in [-0.1, -0.05) is 30.3 Å². The molecule has 0 bridgehead atoms. The van der Waals surface area contributed by atoms with Crippen molar-refractivity contribution in [2.75, 3.05) is 16.8 Å². The van der Waals surface area contributed by atoms with Crippen molar-refractivity contribution < 1.29 is 19.1 Å². The van der Waals surface area contributed by atoms with E-state index in [4.69, 9.17) is 4.74 Å². The number of ether oxygens (including phenoxy) is 1. The number of rotatable bonds is 3. The fourth-order valence-electron chi connectivity index (χ4n) is 3.48. The molecule has 1 aromatic heterocycles. The van der Waals surface area contributed by atoms with Gasteiger partial charge in [-0.2, -0.15) is 0 Å². The van der Waals surface area contributed by atoms with Crippen molar-refractivity contribution in [2.45, 2.75) is 19.4 Å². The van der Waals surface area contributed by atoms with Gasteiger partial charge in [0, 0.05) is 29.6 Å². The van der Waals surface area contributed by atoms with E-state index in [9.17, 15) is 14.4 Å². The molecular weight excluding hydrogens is 358 g/mol. The summed E-state index contributed by atoms with van der Waals surface area (Å²) in [6, 6.07) is 14.1. The number of aromatic amines is 1. The summed E-state index contributed by atoms with van der Waals surface area (Å²) in [4.78, 5) is 41.9. The average Bonchev–Trinajstić information content (AvgIpc) is 3.06. The molecule has 0 spiro atoms. The third-order valence-electron chi connectivity index (χ3n) is 4.76. The van der Waals surface area contributed by atoms with E-state index < -0.39 is 12.6 Å². The van der Waals surface area contributed by atoms with Gasteiger partial charge in [0.2, 0.25) is 5.91 Å². The highest BCUT2D eigenvalue weighted by Gasteiger charge is 2.30. The number of esters is 1. The molecule has 2 amide bonds. The standard InChI is InChI=1S/C21H19N3O4/c1-13-10-19(25)23-17-8-4-5-9-18(17)24(13)20(26)12-28-21(27)15-11-22-16-7-3-2-6-14(15)16/h2-9,11,13,22H,10,12H2,1H3,(H,23,25). The summed E-state index contributed by atoms with van der Waals surface area (Å²) < 4.78 is 5.29. The SMILES string of the molecule is CC1CC(=O)Nc2ccccc2N1C(=O)COC(=O)c1c[nH]c2ccccc12. The summed E-state index contributed by atoms with van der Waals surface area (Å²) in [6.45, 7) is 1.38. The van der Waals surface area contributed by atoms with E-state index in [1.165, 1.54) is 4.90 Å². The van der Waals surface area contributed by atoms with E-state index in [1.54, 1.807) is 37.4 Å². The van der Waals surface area contributed by atoms with Crippen molar-refractivity contribution in [2.24, 2.45) is 0 Å². The largest absolute Gasteiger partial charge is 0.452 e. The molecule has 1 unspecified atom stereocenters. The third-order valence-corrected chi connectivity index (χ3v) is 4.76. The molecule has 142 valence electrons. The molecule has 1 aliphatic heterocycles. The van der Waals surface area contributed by atoms with Crippen molar-refractivity contribution in [3.63, 3.8) is 0 Å². The second-order valence-corrected chi connectivity index (χ2v) is 6.71. The summed E-state index contributed by atoms with van der Waals surface area (Å²) in [7, 11) is 0. The number of benzene rings is 2. The first-order valence-corrected chi connectivity index (χ1v) is 8.99. The molecule has 1 aliphatic rings. The first kappa shape index (κ1) is 17.8. The Morgan fingerprint density at radius 3 is 2.75 bits per heavy atom. The number of carbonyl (C=O) groups excluding carboxylic acids is 3. The number of nitrogens with one attached hydrogen (secondary N) is 2. The van der Waals surface area contributed by atoms with Crippen LogP contribution in [-0.4, -0.2) is 35.4 Å². The van der Waals surface area contributed by atoms with Crippen molar-refractivity contribution in [1.29, 1.82) is 0 Å². The molecule has 0 saturated heterocycles. The smallest absolute Gasteiger partial charge is 0.340 e. The van der Waals surface area contributed by atoms with E-state index in [2.05, 4.69) is 10.3 Å². The van der Waals surface area contributed by atoms with Gasteiger partial charge in [0.25, 0.3) is 5.91 Å². The van der Waals surface area contributed by atoms with Gasteiger partial charge < -0.3 is 19.9 Å². The molecule has 0 saturated carbocycles. The van der Waals surface area contributed by atoms with Crippen LogP contribution in [0.4, 0.5) is 11.4 Å². The zero-order valence-electron chi connectivity index (χ0n) is 15.3. The van der Waals surface area contributed by atoms with Crippen LogP contribution >= 0.6 is 0 Å². The lowest BCUT2D eigenvalue weighted by atomic mass is 10.1. The van der Waals surface area contributed by atoms with Crippen LogP contribution in [0.3, 0.4) is 0 Å². The molecule has 28 heavy (non-hydrogen) atoms. The quantitative estimate of drug-likeness (QED) is 0.686. The van der Waals surface area contributed by atoms with Crippen LogP contribution in [0.25, 0.3) is 10.9 Å². The third kappa shape index (κ3) is 3.22. The summed E-state index contributed by atoms with van der Waals surface area (Å²) in [6.07, 6.45) is 1.74. The lowest BCUT2D eigenvalue weighted by Gasteiger charge is -2.27. The summed E-state index contributed by atoms with van der Waals surface area (Å²) in [5.41, 5.74) is 2.35. The minimum Gasteiger partial charge on any atom is -0.452 e. The molecular formula is C21H19N3O4. The van der Waals surface area contributed by atoms with E-state index in [-0.39, 0.29) is 24.3 Å². The molecule has 0 fully saturated rings. The molecule has 7 nitrogen and oxygen atoms in total. The molecule has 2 N–H and O–H groups in total. The first-order chi connectivity index (χ1) is 13.5. The van der Waals surface area contributed by atoms with Crippen LogP contribution in [0, 0.1) is 0 Å². The number of amides is 2. The maximum atomic E-state index is 12.9. The van der Waals surface area contributed by atoms with Crippen molar-refractivity contribution in [3.8, 4) is 0 Å². The number of hydrogen-bond acceptors (Lipinski definition) is 4. The number of fused-ring (bicyclic) bond motifs is 2. The molecule has 1 atom stereocenters. The van der Waals surface area contributed by atoms with E-state index in [0.717, 1.165) is 10.9 Å². The maximum Gasteiger partial charge on any atom is 0.340 e. The van der Waals surface area contributed by atoms with Crippen LogP contribution in [-0.2, 0) is 14.3 Å². The Labute approximate surface area is 161 Å². The fourth-order valence-corrected chi connectivity index (χ4v) is 3.48.